The SMILES string of the molecule is Cl.O=C(C1CCCNC1)N1CCCCc2ccccc21. The first-order chi connectivity index (χ1) is 9.36. The third-order valence-electron chi connectivity index (χ3n) is 4.27. The Labute approximate surface area is 127 Å². The molecule has 1 aromatic rings. The van der Waals surface area contributed by atoms with Crippen molar-refractivity contribution in [1.29, 1.82) is 0 Å². The minimum Gasteiger partial charge on any atom is -0.316 e. The van der Waals surface area contributed by atoms with E-state index in [2.05, 4.69) is 23.5 Å². The third-order valence-corrected chi connectivity index (χ3v) is 4.27. The molecule has 1 atom stereocenters. The lowest BCUT2D eigenvalue weighted by molar-refractivity contribution is -0.122. The van der Waals surface area contributed by atoms with Gasteiger partial charge in [-0.15, -0.1) is 12.4 Å². The summed E-state index contributed by atoms with van der Waals surface area (Å²) >= 11 is 0. The van der Waals surface area contributed by atoms with Crippen molar-refractivity contribution in [2.45, 2.75) is 32.1 Å². The van der Waals surface area contributed by atoms with Crippen LogP contribution in [0.3, 0.4) is 0 Å². The van der Waals surface area contributed by atoms with Crippen molar-refractivity contribution in [3.8, 4) is 0 Å². The summed E-state index contributed by atoms with van der Waals surface area (Å²) in [6.45, 7) is 2.78. The van der Waals surface area contributed by atoms with Crippen LogP contribution in [0.1, 0.15) is 31.2 Å². The van der Waals surface area contributed by atoms with Crippen molar-refractivity contribution in [3.05, 3.63) is 29.8 Å². The van der Waals surface area contributed by atoms with Crippen molar-refractivity contribution in [3.63, 3.8) is 0 Å². The smallest absolute Gasteiger partial charge is 0.231 e. The zero-order valence-corrected chi connectivity index (χ0v) is 12.6. The molecule has 1 N–H and O–H groups in total. The van der Waals surface area contributed by atoms with Gasteiger partial charge in [0, 0.05) is 18.8 Å². The van der Waals surface area contributed by atoms with Crippen LogP contribution in [0.5, 0.6) is 0 Å². The number of hydrogen-bond acceptors (Lipinski definition) is 2. The zero-order chi connectivity index (χ0) is 13.1. The van der Waals surface area contributed by atoms with Gasteiger partial charge in [-0.3, -0.25) is 4.79 Å². The molecule has 0 spiro atoms. The van der Waals surface area contributed by atoms with Gasteiger partial charge < -0.3 is 10.2 Å². The van der Waals surface area contributed by atoms with Gasteiger partial charge in [-0.05, 0) is 50.3 Å². The van der Waals surface area contributed by atoms with Crippen LogP contribution in [0.25, 0.3) is 0 Å². The number of aryl methyl sites for hydroxylation is 1. The molecule has 3 nitrogen and oxygen atoms in total. The van der Waals surface area contributed by atoms with Crippen LogP contribution in [0.4, 0.5) is 5.69 Å². The van der Waals surface area contributed by atoms with E-state index in [0.717, 1.165) is 51.0 Å². The highest BCUT2D eigenvalue weighted by Crippen LogP contribution is 2.28. The second-order valence-electron chi connectivity index (χ2n) is 5.62. The maximum Gasteiger partial charge on any atom is 0.231 e. The lowest BCUT2D eigenvalue weighted by Gasteiger charge is -2.30. The van der Waals surface area contributed by atoms with Crippen molar-refractivity contribution in [2.75, 3.05) is 24.5 Å². The van der Waals surface area contributed by atoms with Gasteiger partial charge in [0.2, 0.25) is 5.91 Å². The monoisotopic (exact) mass is 294 g/mol. The summed E-state index contributed by atoms with van der Waals surface area (Å²) in [6.07, 6.45) is 5.55. The molecular weight excluding hydrogens is 272 g/mol. The molecule has 0 bridgehead atoms. The number of nitrogens with one attached hydrogen (secondary N) is 1. The van der Waals surface area contributed by atoms with Gasteiger partial charge in [0.1, 0.15) is 0 Å². The number of benzene rings is 1. The quantitative estimate of drug-likeness (QED) is 0.864. The van der Waals surface area contributed by atoms with Crippen molar-refractivity contribution in [2.24, 2.45) is 5.92 Å². The van der Waals surface area contributed by atoms with Crippen LogP contribution in [0.15, 0.2) is 24.3 Å². The number of piperidine rings is 1. The Morgan fingerprint density at radius 2 is 2.05 bits per heavy atom. The minimum absolute atomic E-state index is 0. The molecule has 1 aromatic carbocycles. The zero-order valence-electron chi connectivity index (χ0n) is 11.8. The molecular formula is C16H23ClN2O. The summed E-state index contributed by atoms with van der Waals surface area (Å²) in [5.74, 6) is 0.487. The molecule has 2 heterocycles. The number of rotatable bonds is 1. The fourth-order valence-corrected chi connectivity index (χ4v) is 3.20. The summed E-state index contributed by atoms with van der Waals surface area (Å²) in [5.41, 5.74) is 2.48. The van der Waals surface area contributed by atoms with Gasteiger partial charge >= 0.3 is 0 Å². The molecule has 2 aliphatic heterocycles. The third kappa shape index (κ3) is 3.15. The first-order valence-corrected chi connectivity index (χ1v) is 7.46. The van der Waals surface area contributed by atoms with Crippen LogP contribution >= 0.6 is 12.4 Å². The Hall–Kier alpha value is -1.06. The normalized spacial score (nSPS) is 22.4. The molecule has 1 saturated heterocycles. The molecule has 20 heavy (non-hydrogen) atoms. The number of amides is 1. The topological polar surface area (TPSA) is 32.3 Å². The van der Waals surface area contributed by atoms with E-state index in [1.807, 2.05) is 11.0 Å². The lowest BCUT2D eigenvalue weighted by Crippen LogP contribution is -2.43. The predicted octanol–water partition coefficient (Wildman–Crippen LogP) is 2.78. The molecule has 0 radical (unpaired) electrons. The molecule has 0 saturated carbocycles. The number of halogens is 1. The Morgan fingerprint density at radius 1 is 1.20 bits per heavy atom. The summed E-state index contributed by atoms with van der Waals surface area (Å²) in [6, 6.07) is 8.40. The van der Waals surface area contributed by atoms with Gasteiger partial charge in [-0.25, -0.2) is 0 Å². The van der Waals surface area contributed by atoms with Crippen molar-refractivity contribution in [1.82, 2.24) is 5.32 Å². The largest absolute Gasteiger partial charge is 0.316 e. The Kier molecular flexibility index (Phi) is 5.44. The van der Waals surface area contributed by atoms with E-state index in [1.54, 1.807) is 0 Å². The first kappa shape index (κ1) is 15.3. The number of carbonyl (C=O) groups excluding carboxylic acids is 1. The van der Waals surface area contributed by atoms with E-state index in [9.17, 15) is 4.79 Å². The standard InChI is InChI=1S/C16H22N2O.ClH/c19-16(14-8-5-10-17-12-14)18-11-4-3-7-13-6-1-2-9-15(13)18;/h1-2,6,9,14,17H,3-5,7-8,10-12H2;1H. The average molecular weight is 295 g/mol. The molecule has 1 fully saturated rings. The molecule has 2 aliphatic rings. The number of carbonyl (C=O) groups is 1. The van der Waals surface area contributed by atoms with Gasteiger partial charge in [-0.2, -0.15) is 0 Å². The first-order valence-electron chi connectivity index (χ1n) is 7.46. The van der Waals surface area contributed by atoms with Gasteiger partial charge in [0.25, 0.3) is 0 Å². The highest BCUT2D eigenvalue weighted by molar-refractivity contribution is 5.96. The summed E-state index contributed by atoms with van der Waals surface area (Å²) in [7, 11) is 0. The Morgan fingerprint density at radius 3 is 2.85 bits per heavy atom. The number of nitrogens with zero attached hydrogens (tertiary/aromatic N) is 1. The van der Waals surface area contributed by atoms with Crippen LogP contribution in [-0.4, -0.2) is 25.5 Å². The minimum atomic E-state index is 0. The van der Waals surface area contributed by atoms with Crippen molar-refractivity contribution >= 4 is 24.0 Å². The highest BCUT2D eigenvalue weighted by Gasteiger charge is 2.28. The number of anilines is 1. The van der Waals surface area contributed by atoms with Crippen LogP contribution in [-0.2, 0) is 11.2 Å². The number of fused-ring (bicyclic) bond motifs is 1. The summed E-state index contributed by atoms with van der Waals surface area (Å²) in [4.78, 5) is 14.8. The molecule has 110 valence electrons. The predicted molar refractivity (Wildman–Crippen MR) is 84.6 cm³/mol. The van der Waals surface area contributed by atoms with E-state index < -0.39 is 0 Å². The second kappa shape index (κ2) is 7.09. The van der Waals surface area contributed by atoms with E-state index in [0.29, 0.717) is 5.91 Å². The van der Waals surface area contributed by atoms with Gasteiger partial charge in [0.05, 0.1) is 5.92 Å². The Bertz CT molecular complexity index is 458. The molecule has 4 heteroatoms. The fourth-order valence-electron chi connectivity index (χ4n) is 3.20. The molecule has 3 rings (SSSR count). The maximum atomic E-state index is 12.8. The van der Waals surface area contributed by atoms with Gasteiger partial charge in [0.15, 0.2) is 0 Å². The molecule has 1 unspecified atom stereocenters. The highest BCUT2D eigenvalue weighted by atomic mass is 35.5. The Balaban J connectivity index is 0.00000147. The summed E-state index contributed by atoms with van der Waals surface area (Å²) < 4.78 is 0. The van der Waals surface area contributed by atoms with E-state index in [4.69, 9.17) is 0 Å². The number of hydrogen-bond donors (Lipinski definition) is 1. The lowest BCUT2D eigenvalue weighted by atomic mass is 9.97. The van der Waals surface area contributed by atoms with Crippen LogP contribution < -0.4 is 10.2 Å². The average Bonchev–Trinajstić information content (AvgIpc) is 2.70. The second-order valence-corrected chi connectivity index (χ2v) is 5.62. The molecule has 0 aromatic heterocycles. The van der Waals surface area contributed by atoms with E-state index in [1.165, 1.54) is 12.0 Å². The van der Waals surface area contributed by atoms with E-state index >= 15 is 0 Å². The summed E-state index contributed by atoms with van der Waals surface area (Å²) in [5, 5.41) is 3.35. The fraction of sp³-hybridized carbons (Fsp3) is 0.562. The van der Waals surface area contributed by atoms with Crippen LogP contribution in [0, 0.1) is 5.92 Å². The molecule has 0 aliphatic carbocycles. The van der Waals surface area contributed by atoms with Crippen molar-refractivity contribution < 1.29 is 4.79 Å². The van der Waals surface area contributed by atoms with Crippen LogP contribution in [0.2, 0.25) is 0 Å². The number of para-hydroxylation sites is 1. The van der Waals surface area contributed by atoms with E-state index in [-0.39, 0.29) is 18.3 Å². The maximum absolute atomic E-state index is 12.8. The molecule has 1 amide bonds. The van der Waals surface area contributed by atoms with Gasteiger partial charge in [-0.1, -0.05) is 18.2 Å².